The lowest BCUT2D eigenvalue weighted by Crippen LogP contribution is -2.68. The van der Waals surface area contributed by atoms with Gasteiger partial charge in [-0.25, -0.2) is 18.4 Å². The number of carbonyl (C=O) groups is 3. The zero-order valence-corrected chi connectivity index (χ0v) is 24.1. The first-order chi connectivity index (χ1) is 19.5. The molecule has 1 saturated carbocycles. The number of benzene rings is 2. The van der Waals surface area contributed by atoms with E-state index in [0.29, 0.717) is 23.7 Å². The van der Waals surface area contributed by atoms with E-state index in [4.69, 9.17) is 18.9 Å². The Kier molecular flexibility index (Phi) is 10.7. The number of Topliss-reactive ketones (excluding diaryl/α,β-unsaturated/α-hetero) is 1. The summed E-state index contributed by atoms with van der Waals surface area (Å²) >= 11 is 0. The van der Waals surface area contributed by atoms with Gasteiger partial charge in [0.05, 0.1) is 39.6 Å². The molecule has 1 aliphatic rings. The first-order valence-corrected chi connectivity index (χ1v) is 13.6. The third kappa shape index (κ3) is 7.72. The molecule has 224 valence electrons. The van der Waals surface area contributed by atoms with E-state index in [2.05, 4.69) is 5.32 Å². The first kappa shape index (κ1) is 31.8. The van der Waals surface area contributed by atoms with Gasteiger partial charge in [-0.2, -0.15) is 0 Å². The van der Waals surface area contributed by atoms with Crippen molar-refractivity contribution in [3.63, 3.8) is 0 Å². The molecule has 1 atom stereocenters. The summed E-state index contributed by atoms with van der Waals surface area (Å²) in [6.07, 6.45) is -1.72. The molecular weight excluding hydrogens is 538 g/mol. The molecule has 0 bridgehead atoms. The van der Waals surface area contributed by atoms with Gasteiger partial charge in [0, 0.05) is 19.4 Å². The summed E-state index contributed by atoms with van der Waals surface area (Å²) in [6, 6.07) is 11.4. The molecule has 0 heterocycles. The third-order valence-corrected chi connectivity index (χ3v) is 6.88. The topological polar surface area (TPSA) is 103 Å². The number of methoxy groups -OCH3 is 1. The van der Waals surface area contributed by atoms with Crippen molar-refractivity contribution in [3.8, 4) is 11.5 Å². The van der Waals surface area contributed by atoms with Gasteiger partial charge in [-0.1, -0.05) is 30.3 Å². The van der Waals surface area contributed by atoms with E-state index < -0.39 is 42.3 Å². The van der Waals surface area contributed by atoms with Gasteiger partial charge in [-0.05, 0) is 51.0 Å². The number of amides is 2. The highest BCUT2D eigenvalue weighted by Crippen LogP contribution is 2.46. The van der Waals surface area contributed by atoms with Crippen LogP contribution in [0.15, 0.2) is 42.5 Å². The Labute approximate surface area is 239 Å². The van der Waals surface area contributed by atoms with Crippen LogP contribution in [0.25, 0.3) is 0 Å². The van der Waals surface area contributed by atoms with Crippen LogP contribution < -0.4 is 14.8 Å². The zero-order chi connectivity index (χ0) is 30.2. The Bertz CT molecular complexity index is 1190. The second-order valence-corrected chi connectivity index (χ2v) is 9.94. The van der Waals surface area contributed by atoms with Gasteiger partial charge in [0.25, 0.3) is 5.92 Å². The van der Waals surface area contributed by atoms with Gasteiger partial charge < -0.3 is 29.2 Å². The summed E-state index contributed by atoms with van der Waals surface area (Å²) in [5.74, 6) is -3.67. The Morgan fingerprint density at radius 3 is 2.10 bits per heavy atom. The number of halogens is 2. The second kappa shape index (κ2) is 13.8. The van der Waals surface area contributed by atoms with Crippen LogP contribution in [0.5, 0.6) is 11.5 Å². The number of hydrogen-bond acceptors (Lipinski definition) is 7. The maximum Gasteiger partial charge on any atom is 0.332 e. The number of nitrogens with zero attached hydrogens (tertiary/aromatic N) is 1. The number of ketones is 1. The number of alkyl halides is 2. The number of urea groups is 1. The lowest BCUT2D eigenvalue weighted by Gasteiger charge is -2.46. The van der Waals surface area contributed by atoms with E-state index in [1.54, 1.807) is 32.9 Å². The van der Waals surface area contributed by atoms with Crippen LogP contribution in [0.1, 0.15) is 68.1 Å². The summed E-state index contributed by atoms with van der Waals surface area (Å²) in [7, 11) is 1.09. The van der Waals surface area contributed by atoms with E-state index in [9.17, 15) is 23.2 Å². The third-order valence-electron chi connectivity index (χ3n) is 6.88. The molecule has 0 spiro atoms. The van der Waals surface area contributed by atoms with Gasteiger partial charge in [0.15, 0.2) is 11.3 Å². The quantitative estimate of drug-likeness (QED) is 0.185. The standard InChI is InChI=1S/C30H38F2N2O7/c1-6-40-24-15-23(16-25(41-7-2)26(24)21(4)35)20(3)34(13-14-39-17-22-11-9-8-10-12-22)28(37)33-29(27(36)38-5)18-30(31,32)19-29/h8-12,15-16,20H,6-7,13-14,17-19H2,1-5H3,(H,33,37). The van der Waals surface area contributed by atoms with E-state index in [-0.39, 0.29) is 37.7 Å². The fourth-order valence-corrected chi connectivity index (χ4v) is 4.90. The molecule has 9 nitrogen and oxygen atoms in total. The van der Waals surface area contributed by atoms with Crippen molar-refractivity contribution in [3.05, 3.63) is 59.2 Å². The van der Waals surface area contributed by atoms with Crippen LogP contribution in [-0.2, 0) is 20.9 Å². The highest BCUT2D eigenvalue weighted by Gasteiger charge is 2.63. The number of rotatable bonds is 14. The SMILES string of the molecule is CCOc1cc(C(C)N(CCOCc2ccccc2)C(=O)NC2(C(=O)OC)CC(F)(F)C2)cc(OCC)c1C(C)=O. The predicted molar refractivity (Wildman–Crippen MR) is 147 cm³/mol. The maximum absolute atomic E-state index is 13.9. The zero-order valence-electron chi connectivity index (χ0n) is 24.1. The fraction of sp³-hybridized carbons (Fsp3) is 0.500. The number of carbonyl (C=O) groups excluding carboxylic acids is 3. The molecule has 1 unspecified atom stereocenters. The number of ether oxygens (including phenoxy) is 4. The maximum atomic E-state index is 13.9. The average Bonchev–Trinajstić information content (AvgIpc) is 2.91. The normalized spacial score (nSPS) is 15.7. The monoisotopic (exact) mass is 576 g/mol. The van der Waals surface area contributed by atoms with Gasteiger partial charge in [-0.3, -0.25) is 4.79 Å². The minimum absolute atomic E-state index is 0.0654. The Balaban J connectivity index is 1.92. The van der Waals surface area contributed by atoms with Crippen LogP contribution in [0, 0.1) is 0 Å². The molecule has 1 N–H and O–H groups in total. The van der Waals surface area contributed by atoms with Gasteiger partial charge >= 0.3 is 12.0 Å². The van der Waals surface area contributed by atoms with Gasteiger partial charge in [0.1, 0.15) is 17.1 Å². The van der Waals surface area contributed by atoms with E-state index in [1.165, 1.54) is 11.8 Å². The van der Waals surface area contributed by atoms with Crippen LogP contribution in [0.2, 0.25) is 0 Å². The lowest BCUT2D eigenvalue weighted by molar-refractivity contribution is -0.178. The molecular formula is C30H38F2N2O7. The summed E-state index contributed by atoms with van der Waals surface area (Å²) in [4.78, 5) is 39.9. The summed E-state index contributed by atoms with van der Waals surface area (Å²) in [5, 5.41) is 2.51. The Morgan fingerprint density at radius 2 is 1.61 bits per heavy atom. The molecule has 2 aromatic rings. The molecule has 41 heavy (non-hydrogen) atoms. The molecule has 1 fully saturated rings. The predicted octanol–water partition coefficient (Wildman–Crippen LogP) is 5.32. The summed E-state index contributed by atoms with van der Waals surface area (Å²) in [5.41, 5.74) is -0.0382. The van der Waals surface area contributed by atoms with Crippen LogP contribution in [-0.4, -0.2) is 67.6 Å². The molecule has 1 aliphatic carbocycles. The Hall–Kier alpha value is -3.73. The fourth-order valence-electron chi connectivity index (χ4n) is 4.90. The van der Waals surface area contributed by atoms with Crippen molar-refractivity contribution in [2.75, 3.05) is 33.5 Å². The second-order valence-electron chi connectivity index (χ2n) is 9.94. The molecule has 2 aromatic carbocycles. The van der Waals surface area contributed by atoms with E-state index in [1.807, 2.05) is 30.3 Å². The van der Waals surface area contributed by atoms with Crippen molar-refractivity contribution in [1.82, 2.24) is 10.2 Å². The summed E-state index contributed by atoms with van der Waals surface area (Å²) < 4.78 is 49.9. The highest BCUT2D eigenvalue weighted by atomic mass is 19.3. The molecule has 11 heteroatoms. The van der Waals surface area contributed by atoms with Crippen LogP contribution in [0.4, 0.5) is 13.6 Å². The smallest absolute Gasteiger partial charge is 0.332 e. The van der Waals surface area contributed by atoms with Crippen molar-refractivity contribution in [2.24, 2.45) is 0 Å². The molecule has 0 saturated heterocycles. The van der Waals surface area contributed by atoms with Crippen molar-refractivity contribution >= 4 is 17.8 Å². The highest BCUT2D eigenvalue weighted by molar-refractivity contribution is 6.00. The van der Waals surface area contributed by atoms with Gasteiger partial charge in [0.2, 0.25) is 0 Å². The largest absolute Gasteiger partial charge is 0.493 e. The molecule has 0 aromatic heterocycles. The molecule has 2 amide bonds. The molecule has 0 aliphatic heterocycles. The van der Waals surface area contributed by atoms with Crippen LogP contribution >= 0.6 is 0 Å². The minimum Gasteiger partial charge on any atom is -0.493 e. The average molecular weight is 577 g/mol. The van der Waals surface area contributed by atoms with Crippen molar-refractivity contribution in [2.45, 2.75) is 64.6 Å². The number of hydrogen-bond donors (Lipinski definition) is 1. The van der Waals surface area contributed by atoms with Crippen molar-refractivity contribution < 1.29 is 42.1 Å². The van der Waals surface area contributed by atoms with Gasteiger partial charge in [-0.15, -0.1) is 0 Å². The molecule has 3 rings (SSSR count). The van der Waals surface area contributed by atoms with Crippen molar-refractivity contribution in [1.29, 1.82) is 0 Å². The number of esters is 1. The lowest BCUT2D eigenvalue weighted by atomic mass is 9.73. The first-order valence-electron chi connectivity index (χ1n) is 13.6. The Morgan fingerprint density at radius 1 is 1.02 bits per heavy atom. The minimum atomic E-state index is -3.10. The molecule has 0 radical (unpaired) electrons. The van der Waals surface area contributed by atoms with E-state index >= 15 is 0 Å². The van der Waals surface area contributed by atoms with E-state index in [0.717, 1.165) is 12.7 Å². The van der Waals surface area contributed by atoms with Crippen LogP contribution in [0.3, 0.4) is 0 Å². The number of nitrogens with one attached hydrogen (secondary N) is 1. The summed E-state index contributed by atoms with van der Waals surface area (Å²) in [6.45, 7) is 7.79.